The largest absolute Gasteiger partial charge is 0.292 e. The van der Waals surface area contributed by atoms with E-state index in [4.69, 9.17) is 23.2 Å². The molecular weight excluding hydrogens is 679 g/mol. The lowest BCUT2D eigenvalue weighted by Gasteiger charge is -2.30. The van der Waals surface area contributed by atoms with Crippen LogP contribution in [-0.2, 0) is 9.59 Å². The summed E-state index contributed by atoms with van der Waals surface area (Å²) in [5.41, 5.74) is 0.443. The van der Waals surface area contributed by atoms with Crippen molar-refractivity contribution in [1.29, 1.82) is 0 Å². The molecule has 0 unspecified atom stereocenters. The van der Waals surface area contributed by atoms with Gasteiger partial charge in [0.2, 0.25) is 0 Å². The number of alkyl halides is 2. The number of hydrazine groups is 1. The van der Waals surface area contributed by atoms with Gasteiger partial charge in [0.1, 0.15) is 6.54 Å². The highest BCUT2D eigenvalue weighted by atomic mass is 79.9. The number of nitrogens with zero attached hydrogens (tertiary/aromatic N) is 2. The molecule has 1 heterocycles. The van der Waals surface area contributed by atoms with Gasteiger partial charge in [-0.1, -0.05) is 83.1 Å². The Morgan fingerprint density at radius 2 is 1.41 bits per heavy atom. The van der Waals surface area contributed by atoms with E-state index in [-0.39, 0.29) is 25.3 Å². The molecule has 2 fully saturated rings. The third kappa shape index (κ3) is 5.00. The minimum Gasteiger partial charge on any atom is -0.292 e. The molecule has 0 spiro atoms. The van der Waals surface area contributed by atoms with Gasteiger partial charge in [0, 0.05) is 25.3 Å². The summed E-state index contributed by atoms with van der Waals surface area (Å²) >= 11 is 22.5. The molecule has 0 aromatic heterocycles. The zero-order valence-corrected chi connectivity index (χ0v) is 23.7. The van der Waals surface area contributed by atoms with Crippen molar-refractivity contribution in [3.63, 3.8) is 0 Å². The maximum Gasteiger partial charge on any atom is 0.273 e. The first-order valence-electron chi connectivity index (χ1n) is 10.3. The Morgan fingerprint density at radius 3 is 1.94 bits per heavy atom. The number of carbonyl (C=O) groups excluding carboxylic acids is 4. The molecule has 34 heavy (non-hydrogen) atoms. The van der Waals surface area contributed by atoms with E-state index in [2.05, 4.69) is 47.8 Å². The number of hydrogen-bond donors (Lipinski definition) is 0. The van der Waals surface area contributed by atoms with Crippen LogP contribution in [0.4, 0.5) is 0 Å². The van der Waals surface area contributed by atoms with Gasteiger partial charge in [-0.3, -0.25) is 19.2 Å². The fraction of sp³-hybridized carbons (Fsp3) is 0.304. The average Bonchev–Trinajstić information content (AvgIpc) is 3.03. The molecule has 1 aliphatic carbocycles. The summed E-state index contributed by atoms with van der Waals surface area (Å²) in [5, 5.41) is 2.17. The van der Waals surface area contributed by atoms with Crippen LogP contribution in [0.1, 0.15) is 33.6 Å². The molecule has 3 amide bonds. The van der Waals surface area contributed by atoms with E-state index in [0.717, 1.165) is 14.5 Å². The van der Waals surface area contributed by atoms with Gasteiger partial charge in [0.25, 0.3) is 17.7 Å². The van der Waals surface area contributed by atoms with Crippen molar-refractivity contribution in [3.8, 4) is 0 Å². The maximum atomic E-state index is 13.5. The normalized spacial score (nSPS) is 24.2. The molecule has 0 bridgehead atoms. The van der Waals surface area contributed by atoms with E-state index in [1.54, 1.807) is 24.3 Å². The van der Waals surface area contributed by atoms with Gasteiger partial charge in [-0.05, 0) is 43.2 Å². The Balaban J connectivity index is 1.71. The molecule has 11 heteroatoms. The van der Waals surface area contributed by atoms with Gasteiger partial charge >= 0.3 is 0 Å². The number of Topliss-reactive ketones (excluding diaryl/α,β-unsaturated/α-hetero) is 1. The Labute approximate surface area is 231 Å². The Kier molecular flexibility index (Phi) is 7.89. The number of carbonyl (C=O) groups is 4. The van der Waals surface area contributed by atoms with Crippen LogP contribution < -0.4 is 0 Å². The lowest BCUT2D eigenvalue weighted by Crippen LogP contribution is -2.52. The number of benzene rings is 2. The molecule has 1 saturated carbocycles. The monoisotopic (exact) mass is 692 g/mol. The zero-order valence-electron chi connectivity index (χ0n) is 17.4. The van der Waals surface area contributed by atoms with Crippen molar-refractivity contribution < 1.29 is 19.2 Å². The molecule has 0 N–H and O–H groups in total. The van der Waals surface area contributed by atoms with Crippen LogP contribution in [0.3, 0.4) is 0 Å². The van der Waals surface area contributed by atoms with Gasteiger partial charge in [0.05, 0.1) is 21.9 Å². The molecule has 2 aromatic carbocycles. The molecule has 178 valence electrons. The van der Waals surface area contributed by atoms with Crippen molar-refractivity contribution in [3.05, 3.63) is 68.1 Å². The topological polar surface area (TPSA) is 74.8 Å². The summed E-state index contributed by atoms with van der Waals surface area (Å²) in [5.74, 6) is -3.25. The number of ketones is 1. The smallest absolute Gasteiger partial charge is 0.273 e. The van der Waals surface area contributed by atoms with Crippen molar-refractivity contribution in [1.82, 2.24) is 10.0 Å². The molecule has 6 nitrogen and oxygen atoms in total. The first-order chi connectivity index (χ1) is 16.1. The quantitative estimate of drug-likeness (QED) is 0.221. The number of rotatable bonds is 5. The summed E-state index contributed by atoms with van der Waals surface area (Å²) in [7, 11) is 0. The summed E-state index contributed by atoms with van der Waals surface area (Å²) in [6, 6.07) is 10.8. The van der Waals surface area contributed by atoms with Gasteiger partial charge in [0.15, 0.2) is 5.78 Å². The first-order valence-corrected chi connectivity index (χ1v) is 13.7. The predicted octanol–water partition coefficient (Wildman–Crippen LogP) is 5.92. The van der Waals surface area contributed by atoms with E-state index in [9.17, 15) is 19.2 Å². The fourth-order valence-corrected chi connectivity index (χ4v) is 5.99. The molecule has 1 aliphatic heterocycles. The molecule has 4 atom stereocenters. The minimum absolute atomic E-state index is 0.00840. The number of imide groups is 1. The van der Waals surface area contributed by atoms with Crippen molar-refractivity contribution in [2.24, 2.45) is 11.8 Å². The summed E-state index contributed by atoms with van der Waals surface area (Å²) in [6.45, 7) is -0.493. The van der Waals surface area contributed by atoms with E-state index in [1.807, 2.05) is 0 Å². The van der Waals surface area contributed by atoms with Crippen molar-refractivity contribution in [2.45, 2.75) is 22.5 Å². The lowest BCUT2D eigenvalue weighted by molar-refractivity contribution is -0.154. The average molecular weight is 696 g/mol. The highest BCUT2D eigenvalue weighted by Gasteiger charge is 2.54. The summed E-state index contributed by atoms with van der Waals surface area (Å²) in [4.78, 5) is 53.4. The van der Waals surface area contributed by atoms with Crippen LogP contribution in [0.5, 0.6) is 0 Å². The van der Waals surface area contributed by atoms with E-state index in [1.165, 1.54) is 18.2 Å². The lowest BCUT2D eigenvalue weighted by atomic mass is 9.81. The number of hydrogen-bond acceptors (Lipinski definition) is 4. The molecule has 2 aromatic rings. The van der Waals surface area contributed by atoms with Crippen molar-refractivity contribution in [2.75, 3.05) is 6.54 Å². The molecule has 0 radical (unpaired) electrons. The van der Waals surface area contributed by atoms with Crippen LogP contribution in [0.25, 0.3) is 0 Å². The van der Waals surface area contributed by atoms with Crippen LogP contribution in [0.2, 0.25) is 10.0 Å². The number of halogens is 5. The first kappa shape index (κ1) is 25.8. The predicted molar refractivity (Wildman–Crippen MR) is 139 cm³/mol. The van der Waals surface area contributed by atoms with E-state index in [0.29, 0.717) is 18.4 Å². The second-order valence-corrected chi connectivity index (χ2v) is 12.2. The number of amides is 3. The van der Waals surface area contributed by atoms with Crippen LogP contribution >= 0.6 is 71.0 Å². The molecular formula is C23H17Br3Cl2N2O4. The van der Waals surface area contributed by atoms with Crippen LogP contribution in [-0.4, -0.2) is 49.7 Å². The molecule has 4 rings (SSSR count). The van der Waals surface area contributed by atoms with Gasteiger partial charge in [-0.25, -0.2) is 5.01 Å². The standard InChI is InChI=1S/C23H17Br3Cl2N2O4/c24-13-4-1-11(2-5-13)20(31)10-29(21(32)12-3-6-18(27)19(28)7-12)30-22(33)14-8-16(25)17(26)9-15(14)23(30)34/h1-7,14-17H,8-10H2/t14-,15+,16-,17-/m0/s1. The molecule has 1 saturated heterocycles. The van der Waals surface area contributed by atoms with Crippen LogP contribution in [0, 0.1) is 11.8 Å². The Hall–Kier alpha value is -1.26. The Bertz CT molecular complexity index is 1150. The van der Waals surface area contributed by atoms with Gasteiger partial charge in [-0.2, -0.15) is 5.01 Å². The fourth-order valence-electron chi connectivity index (χ4n) is 4.19. The second-order valence-electron chi connectivity index (χ2n) is 8.13. The maximum absolute atomic E-state index is 13.5. The van der Waals surface area contributed by atoms with E-state index < -0.39 is 41.9 Å². The third-order valence-corrected chi connectivity index (χ3v) is 9.99. The highest BCUT2D eigenvalue weighted by molar-refractivity contribution is 9.12. The van der Waals surface area contributed by atoms with Gasteiger partial charge in [-0.15, -0.1) is 0 Å². The third-order valence-electron chi connectivity index (χ3n) is 5.99. The van der Waals surface area contributed by atoms with Gasteiger partial charge < -0.3 is 0 Å². The highest BCUT2D eigenvalue weighted by Crippen LogP contribution is 2.43. The number of fused-ring (bicyclic) bond motifs is 1. The van der Waals surface area contributed by atoms with Crippen LogP contribution in [0.15, 0.2) is 46.9 Å². The van der Waals surface area contributed by atoms with Crippen molar-refractivity contribution >= 4 is 94.5 Å². The zero-order chi connectivity index (χ0) is 24.7. The minimum atomic E-state index is -0.699. The molecule has 2 aliphatic rings. The SMILES string of the molecule is O=C(CN(C(=O)c1ccc(Cl)c(Cl)c1)N1C(=O)[C@H]2C[C@H](Br)[C@@H](Br)C[C@H]2C1=O)c1ccc(Br)cc1. The summed E-state index contributed by atoms with van der Waals surface area (Å²) < 4.78 is 0.787. The Morgan fingerprint density at radius 1 is 0.882 bits per heavy atom. The second kappa shape index (κ2) is 10.4. The van der Waals surface area contributed by atoms with E-state index >= 15 is 0 Å². The summed E-state index contributed by atoms with van der Waals surface area (Å²) in [6.07, 6.45) is 0.883.